The van der Waals surface area contributed by atoms with E-state index < -0.39 is 5.97 Å². The second-order valence-electron chi connectivity index (χ2n) is 4.53. The zero-order chi connectivity index (χ0) is 15.4. The molecule has 7 heteroatoms. The summed E-state index contributed by atoms with van der Waals surface area (Å²) in [6.45, 7) is 4.52. The molecule has 0 fully saturated rings. The molecule has 2 aromatic heterocycles. The lowest BCUT2D eigenvalue weighted by Crippen LogP contribution is -2.22. The van der Waals surface area contributed by atoms with Gasteiger partial charge >= 0.3 is 5.97 Å². The van der Waals surface area contributed by atoms with Crippen LogP contribution in [0, 0.1) is 6.92 Å². The molecular formula is C14H18N4O3. The lowest BCUT2D eigenvalue weighted by molar-refractivity contribution is 0.0477. The normalized spacial score (nSPS) is 10.6. The van der Waals surface area contributed by atoms with Crippen molar-refractivity contribution in [1.82, 2.24) is 14.3 Å². The Hall–Kier alpha value is -2.57. The van der Waals surface area contributed by atoms with Crippen LogP contribution in [0.2, 0.25) is 0 Å². The molecule has 0 amide bonds. The highest BCUT2D eigenvalue weighted by atomic mass is 16.5. The van der Waals surface area contributed by atoms with Crippen molar-refractivity contribution in [3.63, 3.8) is 0 Å². The minimum absolute atomic E-state index is 0.0934. The maximum absolute atomic E-state index is 12.1. The van der Waals surface area contributed by atoms with Crippen LogP contribution in [0.15, 0.2) is 29.2 Å². The molecule has 0 atom stereocenters. The van der Waals surface area contributed by atoms with Crippen LogP contribution in [0.4, 0.5) is 5.69 Å². The Morgan fingerprint density at radius 3 is 2.86 bits per heavy atom. The summed E-state index contributed by atoms with van der Waals surface area (Å²) < 4.78 is 8.17. The lowest BCUT2D eigenvalue weighted by atomic mass is 10.3. The van der Waals surface area contributed by atoms with Crippen molar-refractivity contribution in [3.05, 3.63) is 46.1 Å². The Morgan fingerprint density at radius 1 is 1.43 bits per heavy atom. The molecule has 2 rings (SSSR count). The molecular weight excluding hydrogens is 272 g/mol. The first-order chi connectivity index (χ1) is 10.0. The Balaban J connectivity index is 2.03. The van der Waals surface area contributed by atoms with Gasteiger partial charge in [0.25, 0.3) is 5.56 Å². The number of rotatable bonds is 5. The third-order valence-corrected chi connectivity index (χ3v) is 3.13. The third-order valence-electron chi connectivity index (χ3n) is 3.13. The molecule has 0 saturated heterocycles. The second kappa shape index (κ2) is 6.25. The number of hydrogen-bond donors (Lipinski definition) is 1. The van der Waals surface area contributed by atoms with E-state index in [-0.39, 0.29) is 17.9 Å². The molecule has 0 unspecified atom stereocenters. The van der Waals surface area contributed by atoms with Crippen LogP contribution < -0.4 is 11.3 Å². The number of pyridine rings is 1. The number of esters is 1. The average molecular weight is 290 g/mol. The standard InChI is InChI=1S/C14H18N4O3/c1-3-18-13(12(15)10(2)16-18)14(20)21-9-8-17-7-5-4-6-11(17)19/h4-7H,3,8-9,15H2,1-2H3. The summed E-state index contributed by atoms with van der Waals surface area (Å²) in [6, 6.07) is 4.86. The molecule has 2 heterocycles. The van der Waals surface area contributed by atoms with E-state index in [1.54, 1.807) is 25.3 Å². The zero-order valence-corrected chi connectivity index (χ0v) is 12.1. The number of nitrogen functional groups attached to an aromatic ring is 1. The molecule has 0 aromatic carbocycles. The Morgan fingerprint density at radius 2 is 2.19 bits per heavy atom. The van der Waals surface area contributed by atoms with Crippen LogP contribution >= 0.6 is 0 Å². The minimum atomic E-state index is -0.529. The smallest absolute Gasteiger partial charge is 0.358 e. The first-order valence-electron chi connectivity index (χ1n) is 6.70. The van der Waals surface area contributed by atoms with E-state index >= 15 is 0 Å². The Bertz CT molecular complexity index is 702. The van der Waals surface area contributed by atoms with Gasteiger partial charge in [-0.1, -0.05) is 6.07 Å². The quantitative estimate of drug-likeness (QED) is 0.823. The number of hydrogen-bond acceptors (Lipinski definition) is 5. The van der Waals surface area contributed by atoms with Crippen LogP contribution in [0.1, 0.15) is 23.1 Å². The molecule has 0 bridgehead atoms. The summed E-state index contributed by atoms with van der Waals surface area (Å²) in [4.78, 5) is 23.6. The van der Waals surface area contributed by atoms with E-state index in [9.17, 15) is 9.59 Å². The van der Waals surface area contributed by atoms with Gasteiger partial charge in [0, 0.05) is 18.8 Å². The fraction of sp³-hybridized carbons (Fsp3) is 0.357. The maximum atomic E-state index is 12.1. The number of ether oxygens (including phenoxy) is 1. The van der Waals surface area contributed by atoms with Gasteiger partial charge in [-0.05, 0) is 19.9 Å². The van der Waals surface area contributed by atoms with Crippen LogP contribution in [-0.2, 0) is 17.8 Å². The minimum Gasteiger partial charge on any atom is -0.459 e. The Kier molecular flexibility index (Phi) is 4.42. The predicted molar refractivity (Wildman–Crippen MR) is 78.0 cm³/mol. The molecule has 0 radical (unpaired) electrons. The highest BCUT2D eigenvalue weighted by Gasteiger charge is 2.20. The van der Waals surface area contributed by atoms with E-state index in [1.165, 1.54) is 15.3 Å². The van der Waals surface area contributed by atoms with Crippen LogP contribution in [0.25, 0.3) is 0 Å². The maximum Gasteiger partial charge on any atom is 0.358 e. The summed E-state index contributed by atoms with van der Waals surface area (Å²) >= 11 is 0. The average Bonchev–Trinajstić information content (AvgIpc) is 2.76. The van der Waals surface area contributed by atoms with Crippen molar-refractivity contribution in [1.29, 1.82) is 0 Å². The van der Waals surface area contributed by atoms with Gasteiger partial charge in [-0.3, -0.25) is 9.48 Å². The van der Waals surface area contributed by atoms with E-state index in [2.05, 4.69) is 5.10 Å². The zero-order valence-electron chi connectivity index (χ0n) is 12.1. The van der Waals surface area contributed by atoms with Crippen molar-refractivity contribution < 1.29 is 9.53 Å². The molecule has 2 N–H and O–H groups in total. The SMILES string of the molecule is CCn1nc(C)c(N)c1C(=O)OCCn1ccccc1=O. The number of aromatic nitrogens is 3. The summed E-state index contributed by atoms with van der Waals surface area (Å²) in [7, 11) is 0. The monoisotopic (exact) mass is 290 g/mol. The van der Waals surface area contributed by atoms with Gasteiger partial charge in [0.2, 0.25) is 0 Å². The summed E-state index contributed by atoms with van der Waals surface area (Å²) in [5.74, 6) is -0.529. The molecule has 0 saturated carbocycles. The molecule has 7 nitrogen and oxygen atoms in total. The largest absolute Gasteiger partial charge is 0.459 e. The molecule has 0 aliphatic heterocycles. The number of anilines is 1. The number of carbonyl (C=O) groups excluding carboxylic acids is 1. The van der Waals surface area contributed by atoms with Crippen LogP contribution in [0.3, 0.4) is 0 Å². The molecule has 112 valence electrons. The Labute approximate surface area is 121 Å². The van der Waals surface area contributed by atoms with Gasteiger partial charge in [-0.2, -0.15) is 5.10 Å². The first-order valence-corrected chi connectivity index (χ1v) is 6.70. The fourth-order valence-electron chi connectivity index (χ4n) is 1.99. The van der Waals surface area contributed by atoms with Crippen molar-refractivity contribution >= 4 is 11.7 Å². The van der Waals surface area contributed by atoms with E-state index in [4.69, 9.17) is 10.5 Å². The van der Waals surface area contributed by atoms with E-state index in [0.717, 1.165) is 0 Å². The molecule has 0 spiro atoms. The number of aryl methyl sites for hydroxylation is 2. The van der Waals surface area contributed by atoms with Crippen molar-refractivity contribution in [2.24, 2.45) is 0 Å². The van der Waals surface area contributed by atoms with Crippen molar-refractivity contribution in [3.8, 4) is 0 Å². The third kappa shape index (κ3) is 3.13. The van der Waals surface area contributed by atoms with Gasteiger partial charge in [-0.25, -0.2) is 4.79 Å². The van der Waals surface area contributed by atoms with Gasteiger partial charge in [0.05, 0.1) is 17.9 Å². The fourth-order valence-corrected chi connectivity index (χ4v) is 1.99. The predicted octanol–water partition coefficient (Wildman–Crippen LogP) is 0.812. The van der Waals surface area contributed by atoms with E-state index in [1.807, 2.05) is 6.92 Å². The summed E-state index contributed by atoms with van der Waals surface area (Å²) in [5.41, 5.74) is 6.90. The number of nitrogens with two attached hydrogens (primary N) is 1. The topological polar surface area (TPSA) is 92.1 Å². The van der Waals surface area contributed by atoms with Gasteiger partial charge in [0.15, 0.2) is 5.69 Å². The molecule has 2 aromatic rings. The number of nitrogens with zero attached hydrogens (tertiary/aromatic N) is 3. The summed E-state index contributed by atoms with van der Waals surface area (Å²) in [5, 5.41) is 4.17. The molecule has 0 aliphatic rings. The van der Waals surface area contributed by atoms with E-state index in [0.29, 0.717) is 24.5 Å². The molecule has 0 aliphatic carbocycles. The first kappa shape index (κ1) is 14.8. The lowest BCUT2D eigenvalue weighted by Gasteiger charge is -2.08. The van der Waals surface area contributed by atoms with Gasteiger partial charge in [0.1, 0.15) is 6.61 Å². The van der Waals surface area contributed by atoms with Crippen LogP contribution in [-0.4, -0.2) is 26.9 Å². The van der Waals surface area contributed by atoms with Gasteiger partial charge < -0.3 is 15.0 Å². The second-order valence-corrected chi connectivity index (χ2v) is 4.53. The molecule has 21 heavy (non-hydrogen) atoms. The van der Waals surface area contributed by atoms with Crippen molar-refractivity contribution in [2.45, 2.75) is 26.9 Å². The summed E-state index contributed by atoms with van der Waals surface area (Å²) in [6.07, 6.45) is 1.64. The highest BCUT2D eigenvalue weighted by molar-refractivity contribution is 5.93. The highest BCUT2D eigenvalue weighted by Crippen LogP contribution is 2.17. The van der Waals surface area contributed by atoms with Crippen molar-refractivity contribution in [2.75, 3.05) is 12.3 Å². The van der Waals surface area contributed by atoms with Crippen LogP contribution in [0.5, 0.6) is 0 Å². The van der Waals surface area contributed by atoms with Gasteiger partial charge in [-0.15, -0.1) is 0 Å². The number of carbonyl (C=O) groups is 1.